The minimum Gasteiger partial charge on any atom is -0.398 e. The summed E-state index contributed by atoms with van der Waals surface area (Å²) in [6.45, 7) is 6.44. The summed E-state index contributed by atoms with van der Waals surface area (Å²) in [4.78, 5) is 18.7. The van der Waals surface area contributed by atoms with Gasteiger partial charge >= 0.3 is 0 Å². The van der Waals surface area contributed by atoms with Crippen LogP contribution in [-0.4, -0.2) is 21.8 Å². The number of hydrogen-bond donors (Lipinski definition) is 1. The first-order valence-corrected chi connectivity index (χ1v) is 7.05. The molecule has 1 aromatic heterocycles. The molecule has 1 aromatic carbocycles. The van der Waals surface area contributed by atoms with Gasteiger partial charge < -0.3 is 10.6 Å². The highest BCUT2D eigenvalue weighted by Crippen LogP contribution is 2.20. The number of nitrogens with zero attached hydrogens (tertiary/aromatic N) is 2. The fourth-order valence-corrected chi connectivity index (χ4v) is 2.20. The first-order valence-electron chi connectivity index (χ1n) is 7.05. The van der Waals surface area contributed by atoms with Gasteiger partial charge in [-0.3, -0.25) is 9.78 Å². The zero-order chi connectivity index (χ0) is 15.4. The second kappa shape index (κ2) is 6.39. The molecule has 0 aliphatic heterocycles. The Morgan fingerprint density at radius 3 is 2.67 bits per heavy atom. The number of amides is 1. The molecule has 2 aromatic rings. The van der Waals surface area contributed by atoms with E-state index in [0.29, 0.717) is 17.8 Å². The second-order valence-corrected chi connectivity index (χ2v) is 5.42. The van der Waals surface area contributed by atoms with Crippen molar-refractivity contribution in [3.8, 4) is 0 Å². The van der Waals surface area contributed by atoms with E-state index in [1.807, 2.05) is 49.9 Å². The van der Waals surface area contributed by atoms with Crippen LogP contribution in [0.5, 0.6) is 0 Å². The van der Waals surface area contributed by atoms with Gasteiger partial charge in [0.1, 0.15) is 0 Å². The van der Waals surface area contributed by atoms with Gasteiger partial charge in [0.25, 0.3) is 5.91 Å². The van der Waals surface area contributed by atoms with Crippen LogP contribution in [0.25, 0.3) is 0 Å². The fourth-order valence-electron chi connectivity index (χ4n) is 2.20. The third kappa shape index (κ3) is 3.40. The Bertz CT molecular complexity index is 623. The van der Waals surface area contributed by atoms with E-state index in [2.05, 4.69) is 4.98 Å². The van der Waals surface area contributed by atoms with E-state index in [-0.39, 0.29) is 11.9 Å². The summed E-state index contributed by atoms with van der Waals surface area (Å²) in [5, 5.41) is 0. The molecule has 4 nitrogen and oxygen atoms in total. The molecular formula is C17H21N3O. The summed E-state index contributed by atoms with van der Waals surface area (Å²) in [5.74, 6) is -0.0462. The molecule has 21 heavy (non-hydrogen) atoms. The van der Waals surface area contributed by atoms with Gasteiger partial charge in [0.2, 0.25) is 0 Å². The molecule has 0 radical (unpaired) electrons. The van der Waals surface area contributed by atoms with Crippen molar-refractivity contribution < 1.29 is 4.79 Å². The number of aryl methyl sites for hydroxylation is 1. The smallest absolute Gasteiger partial charge is 0.256 e. The van der Waals surface area contributed by atoms with Crippen LogP contribution in [0.4, 0.5) is 5.69 Å². The summed E-state index contributed by atoms with van der Waals surface area (Å²) in [6.07, 6.45) is 3.51. The van der Waals surface area contributed by atoms with Crippen molar-refractivity contribution in [1.82, 2.24) is 9.88 Å². The maximum absolute atomic E-state index is 12.8. The van der Waals surface area contributed by atoms with Gasteiger partial charge in [0, 0.05) is 30.7 Å². The van der Waals surface area contributed by atoms with Crippen molar-refractivity contribution in [2.24, 2.45) is 0 Å². The van der Waals surface area contributed by atoms with E-state index in [1.54, 1.807) is 18.5 Å². The lowest BCUT2D eigenvalue weighted by Gasteiger charge is -2.27. The summed E-state index contributed by atoms with van der Waals surface area (Å²) in [5.41, 5.74) is 9.10. The molecule has 110 valence electrons. The van der Waals surface area contributed by atoms with Crippen molar-refractivity contribution in [1.29, 1.82) is 0 Å². The van der Waals surface area contributed by atoms with Crippen LogP contribution in [0.3, 0.4) is 0 Å². The van der Waals surface area contributed by atoms with E-state index in [1.165, 1.54) is 0 Å². The van der Waals surface area contributed by atoms with Crippen LogP contribution in [-0.2, 0) is 6.54 Å². The highest BCUT2D eigenvalue weighted by molar-refractivity contribution is 5.99. The molecule has 0 aliphatic rings. The average molecular weight is 283 g/mol. The number of carbonyl (C=O) groups is 1. The van der Waals surface area contributed by atoms with Crippen LogP contribution >= 0.6 is 0 Å². The first kappa shape index (κ1) is 15.0. The lowest BCUT2D eigenvalue weighted by Crippen LogP contribution is -2.36. The van der Waals surface area contributed by atoms with E-state index >= 15 is 0 Å². The lowest BCUT2D eigenvalue weighted by atomic mass is 10.1. The van der Waals surface area contributed by atoms with Crippen molar-refractivity contribution in [2.75, 3.05) is 5.73 Å². The largest absolute Gasteiger partial charge is 0.398 e. The van der Waals surface area contributed by atoms with Gasteiger partial charge in [-0.1, -0.05) is 18.2 Å². The minimum absolute atomic E-state index is 0.0462. The molecule has 0 saturated carbocycles. The van der Waals surface area contributed by atoms with Crippen LogP contribution in [0.2, 0.25) is 0 Å². The number of nitrogen functional groups attached to an aromatic ring is 1. The highest BCUT2D eigenvalue weighted by atomic mass is 16.2. The van der Waals surface area contributed by atoms with Crippen molar-refractivity contribution in [2.45, 2.75) is 33.4 Å². The van der Waals surface area contributed by atoms with Gasteiger partial charge in [-0.25, -0.2) is 0 Å². The Balaban J connectivity index is 2.30. The van der Waals surface area contributed by atoms with E-state index in [4.69, 9.17) is 5.73 Å². The van der Waals surface area contributed by atoms with Gasteiger partial charge in [-0.2, -0.15) is 0 Å². The number of para-hydroxylation sites is 1. The third-order valence-electron chi connectivity index (χ3n) is 3.51. The number of aromatic nitrogens is 1. The van der Waals surface area contributed by atoms with E-state index in [9.17, 15) is 4.79 Å². The number of rotatable bonds is 4. The zero-order valence-corrected chi connectivity index (χ0v) is 12.7. The topological polar surface area (TPSA) is 59.2 Å². The molecule has 0 fully saturated rings. The Hall–Kier alpha value is -2.36. The maximum Gasteiger partial charge on any atom is 0.256 e. The summed E-state index contributed by atoms with van der Waals surface area (Å²) in [7, 11) is 0. The van der Waals surface area contributed by atoms with Crippen molar-refractivity contribution >= 4 is 11.6 Å². The van der Waals surface area contributed by atoms with Crippen LogP contribution < -0.4 is 5.73 Å². The summed E-state index contributed by atoms with van der Waals surface area (Å²) in [6, 6.07) is 9.48. The predicted molar refractivity (Wildman–Crippen MR) is 84.8 cm³/mol. The standard InChI is InChI=1S/C17H21N3O/c1-12(2)20(11-14-7-5-9-19-10-14)17(21)15-8-4-6-13(3)16(15)18/h4-10,12H,11,18H2,1-3H3. The Kier molecular flexibility index (Phi) is 4.58. The lowest BCUT2D eigenvalue weighted by molar-refractivity contribution is 0.0691. The predicted octanol–water partition coefficient (Wildman–Crippen LogP) is 3.02. The molecule has 0 aliphatic carbocycles. The Morgan fingerprint density at radius 2 is 2.05 bits per heavy atom. The minimum atomic E-state index is -0.0462. The molecule has 0 unspecified atom stereocenters. The number of hydrogen-bond acceptors (Lipinski definition) is 3. The SMILES string of the molecule is Cc1cccc(C(=O)N(Cc2cccnc2)C(C)C)c1N. The first-order chi connectivity index (χ1) is 10.0. The number of benzene rings is 1. The quantitative estimate of drug-likeness (QED) is 0.877. The molecule has 2 rings (SSSR count). The van der Waals surface area contributed by atoms with Crippen molar-refractivity contribution in [3.63, 3.8) is 0 Å². The monoisotopic (exact) mass is 283 g/mol. The molecule has 0 spiro atoms. The van der Waals surface area contributed by atoms with Gasteiger partial charge in [0.15, 0.2) is 0 Å². The van der Waals surface area contributed by atoms with E-state index in [0.717, 1.165) is 11.1 Å². The zero-order valence-electron chi connectivity index (χ0n) is 12.7. The van der Waals surface area contributed by atoms with Gasteiger partial charge in [0.05, 0.1) is 5.56 Å². The number of nitrogens with two attached hydrogens (primary N) is 1. The average Bonchev–Trinajstić information content (AvgIpc) is 2.48. The normalized spacial score (nSPS) is 10.7. The van der Waals surface area contributed by atoms with E-state index < -0.39 is 0 Å². The van der Waals surface area contributed by atoms with Crippen LogP contribution in [0, 0.1) is 6.92 Å². The van der Waals surface area contributed by atoms with Gasteiger partial charge in [-0.05, 0) is 44.0 Å². The van der Waals surface area contributed by atoms with Crippen molar-refractivity contribution in [3.05, 3.63) is 59.4 Å². The number of carbonyl (C=O) groups excluding carboxylic acids is 1. The maximum atomic E-state index is 12.8. The molecule has 0 bridgehead atoms. The fraction of sp³-hybridized carbons (Fsp3) is 0.294. The molecule has 1 heterocycles. The summed E-state index contributed by atoms with van der Waals surface area (Å²) < 4.78 is 0. The van der Waals surface area contributed by atoms with Crippen LogP contribution in [0.15, 0.2) is 42.7 Å². The Labute approximate surface area is 125 Å². The highest BCUT2D eigenvalue weighted by Gasteiger charge is 2.21. The molecule has 4 heteroatoms. The van der Waals surface area contributed by atoms with Crippen LogP contribution in [0.1, 0.15) is 35.3 Å². The van der Waals surface area contributed by atoms with Gasteiger partial charge in [-0.15, -0.1) is 0 Å². The Morgan fingerprint density at radius 1 is 1.29 bits per heavy atom. The third-order valence-corrected chi connectivity index (χ3v) is 3.51. The second-order valence-electron chi connectivity index (χ2n) is 5.42. The molecule has 1 amide bonds. The molecular weight excluding hydrogens is 262 g/mol. The number of anilines is 1. The molecule has 0 atom stereocenters. The molecule has 0 saturated heterocycles. The summed E-state index contributed by atoms with van der Waals surface area (Å²) >= 11 is 0. The number of pyridine rings is 1. The molecule has 2 N–H and O–H groups in total.